The molecule has 1 aliphatic rings. The van der Waals surface area contributed by atoms with Crippen LogP contribution in [-0.4, -0.2) is 50.2 Å². The van der Waals surface area contributed by atoms with Crippen LogP contribution in [0.1, 0.15) is 19.3 Å². The normalized spacial score (nSPS) is 17.3. The molecule has 0 atom stereocenters. The average molecular weight is 316 g/mol. The molecule has 0 spiro atoms. The van der Waals surface area contributed by atoms with Gasteiger partial charge in [0, 0.05) is 50.6 Å². The minimum absolute atomic E-state index is 0.00443. The maximum atomic E-state index is 12.3. The van der Waals surface area contributed by atoms with Gasteiger partial charge >= 0.3 is 5.97 Å². The van der Waals surface area contributed by atoms with Crippen molar-refractivity contribution >= 4 is 22.8 Å². The molecule has 2 aromatic rings. The van der Waals surface area contributed by atoms with Gasteiger partial charge in [0.15, 0.2) is 5.60 Å². The molecule has 0 aliphatic carbocycles. The number of aliphatic carboxylic acids is 1. The fraction of sp³-hybridized carbons (Fsp3) is 0.412. The van der Waals surface area contributed by atoms with Crippen LogP contribution in [0, 0.1) is 0 Å². The van der Waals surface area contributed by atoms with E-state index in [4.69, 9.17) is 5.11 Å². The van der Waals surface area contributed by atoms with Crippen molar-refractivity contribution < 1.29 is 19.8 Å². The third kappa shape index (κ3) is 3.07. The number of aryl methyl sites for hydroxylation is 1. The Morgan fingerprint density at radius 2 is 1.83 bits per heavy atom. The van der Waals surface area contributed by atoms with E-state index in [1.165, 1.54) is 0 Å². The molecule has 0 radical (unpaired) electrons. The molecule has 2 N–H and O–H groups in total. The molecule has 1 fully saturated rings. The van der Waals surface area contributed by atoms with E-state index >= 15 is 0 Å². The van der Waals surface area contributed by atoms with Crippen LogP contribution in [0.3, 0.4) is 0 Å². The molecule has 1 saturated heterocycles. The van der Waals surface area contributed by atoms with Crippen molar-refractivity contribution in [2.75, 3.05) is 13.1 Å². The summed E-state index contributed by atoms with van der Waals surface area (Å²) in [5, 5.41) is 20.0. The maximum Gasteiger partial charge on any atom is 0.335 e. The summed E-state index contributed by atoms with van der Waals surface area (Å²) >= 11 is 0. The number of benzene rings is 1. The van der Waals surface area contributed by atoms with Gasteiger partial charge in [-0.15, -0.1) is 0 Å². The molecule has 6 heteroatoms. The number of para-hydroxylation sites is 1. The lowest BCUT2D eigenvalue weighted by molar-refractivity contribution is -0.165. The van der Waals surface area contributed by atoms with Gasteiger partial charge in [0.25, 0.3) is 0 Å². The molecule has 0 bridgehead atoms. The second kappa shape index (κ2) is 6.04. The van der Waals surface area contributed by atoms with Crippen LogP contribution in [0.5, 0.6) is 0 Å². The average Bonchev–Trinajstić information content (AvgIpc) is 2.96. The van der Waals surface area contributed by atoms with Crippen molar-refractivity contribution in [3.05, 3.63) is 36.5 Å². The summed E-state index contributed by atoms with van der Waals surface area (Å²) in [4.78, 5) is 24.9. The number of nitrogens with zero attached hydrogens (tertiary/aromatic N) is 2. The molecule has 1 aliphatic heterocycles. The Balaban J connectivity index is 1.57. The molecule has 1 amide bonds. The van der Waals surface area contributed by atoms with Crippen LogP contribution in [0.15, 0.2) is 36.5 Å². The zero-order valence-corrected chi connectivity index (χ0v) is 12.8. The maximum absolute atomic E-state index is 12.3. The lowest BCUT2D eigenvalue weighted by atomic mass is 9.91. The minimum atomic E-state index is -1.69. The number of hydrogen-bond donors (Lipinski definition) is 2. The second-order valence-electron chi connectivity index (χ2n) is 6.04. The van der Waals surface area contributed by atoms with Crippen molar-refractivity contribution in [1.82, 2.24) is 9.47 Å². The number of hydrogen-bond acceptors (Lipinski definition) is 3. The zero-order valence-electron chi connectivity index (χ0n) is 12.8. The van der Waals surface area contributed by atoms with Gasteiger partial charge in [-0.25, -0.2) is 4.79 Å². The number of aromatic nitrogens is 1. The molecular weight excluding hydrogens is 296 g/mol. The van der Waals surface area contributed by atoms with Crippen molar-refractivity contribution in [3.8, 4) is 0 Å². The highest BCUT2D eigenvalue weighted by atomic mass is 16.4. The molecule has 0 unspecified atom stereocenters. The highest BCUT2D eigenvalue weighted by Crippen LogP contribution is 2.23. The minimum Gasteiger partial charge on any atom is -0.479 e. The third-order valence-electron chi connectivity index (χ3n) is 4.59. The smallest absolute Gasteiger partial charge is 0.335 e. The van der Waals surface area contributed by atoms with Gasteiger partial charge in [-0.05, 0) is 17.5 Å². The van der Waals surface area contributed by atoms with E-state index in [2.05, 4.69) is 0 Å². The monoisotopic (exact) mass is 316 g/mol. The molecule has 1 aromatic carbocycles. The van der Waals surface area contributed by atoms with Gasteiger partial charge in [0.1, 0.15) is 0 Å². The summed E-state index contributed by atoms with van der Waals surface area (Å²) in [6, 6.07) is 10.0. The van der Waals surface area contributed by atoms with Gasteiger partial charge in [0.2, 0.25) is 5.91 Å². The predicted octanol–water partition coefficient (Wildman–Crippen LogP) is 1.47. The van der Waals surface area contributed by atoms with E-state index in [0.717, 1.165) is 10.9 Å². The highest BCUT2D eigenvalue weighted by molar-refractivity contribution is 5.81. The fourth-order valence-electron chi connectivity index (χ4n) is 3.05. The van der Waals surface area contributed by atoms with Gasteiger partial charge < -0.3 is 19.7 Å². The van der Waals surface area contributed by atoms with E-state index in [1.54, 1.807) is 4.90 Å². The molecule has 3 rings (SSSR count). The Kier molecular flexibility index (Phi) is 4.09. The molecule has 6 nitrogen and oxygen atoms in total. The van der Waals surface area contributed by atoms with E-state index in [1.807, 2.05) is 41.1 Å². The van der Waals surface area contributed by atoms with Crippen molar-refractivity contribution in [1.29, 1.82) is 0 Å². The summed E-state index contributed by atoms with van der Waals surface area (Å²) in [6.45, 7) is 1.16. The van der Waals surface area contributed by atoms with E-state index in [0.29, 0.717) is 13.0 Å². The predicted molar refractivity (Wildman–Crippen MR) is 85.0 cm³/mol. The number of rotatable bonds is 4. The largest absolute Gasteiger partial charge is 0.479 e. The second-order valence-corrected chi connectivity index (χ2v) is 6.04. The summed E-state index contributed by atoms with van der Waals surface area (Å²) in [6.07, 6.45) is 2.50. The van der Waals surface area contributed by atoms with Crippen molar-refractivity contribution in [2.45, 2.75) is 31.4 Å². The van der Waals surface area contributed by atoms with Gasteiger partial charge in [0.05, 0.1) is 0 Å². The van der Waals surface area contributed by atoms with Gasteiger partial charge in [-0.3, -0.25) is 4.79 Å². The van der Waals surface area contributed by atoms with E-state index in [-0.39, 0.29) is 31.8 Å². The summed E-state index contributed by atoms with van der Waals surface area (Å²) in [5.74, 6) is -1.21. The zero-order chi connectivity index (χ0) is 16.4. The van der Waals surface area contributed by atoms with E-state index in [9.17, 15) is 14.7 Å². The molecule has 1 aromatic heterocycles. The fourth-order valence-corrected chi connectivity index (χ4v) is 3.05. The standard InChI is InChI=1S/C17H20N2O4/c20-15(19-11-7-17(23,8-12-19)16(21)22)6-10-18-9-5-13-3-1-2-4-14(13)18/h1-5,9,23H,6-8,10-12H2,(H,21,22). The number of likely N-dealkylation sites (tertiary alicyclic amines) is 1. The topological polar surface area (TPSA) is 82.8 Å². The number of amides is 1. The first-order valence-electron chi connectivity index (χ1n) is 7.77. The number of carboxylic acid groups (broad SMARTS) is 1. The number of piperidine rings is 1. The van der Waals surface area contributed by atoms with E-state index < -0.39 is 11.6 Å². The number of carboxylic acids is 1. The van der Waals surface area contributed by atoms with Gasteiger partial charge in [-0.1, -0.05) is 18.2 Å². The first-order chi connectivity index (χ1) is 11.0. The molecular formula is C17H20N2O4. The van der Waals surface area contributed by atoms with Crippen LogP contribution >= 0.6 is 0 Å². The Morgan fingerprint density at radius 1 is 1.13 bits per heavy atom. The van der Waals surface area contributed by atoms with Gasteiger partial charge in [-0.2, -0.15) is 0 Å². The molecule has 23 heavy (non-hydrogen) atoms. The lowest BCUT2D eigenvalue weighted by Crippen LogP contribution is -2.50. The Morgan fingerprint density at radius 3 is 2.52 bits per heavy atom. The Hall–Kier alpha value is -2.34. The van der Waals surface area contributed by atoms with Crippen molar-refractivity contribution in [2.24, 2.45) is 0 Å². The summed E-state index contributed by atoms with van der Waals surface area (Å²) in [5.41, 5.74) is -0.591. The summed E-state index contributed by atoms with van der Waals surface area (Å²) in [7, 11) is 0. The van der Waals surface area contributed by atoms with Crippen LogP contribution in [-0.2, 0) is 16.1 Å². The lowest BCUT2D eigenvalue weighted by Gasteiger charge is -2.35. The van der Waals surface area contributed by atoms with Crippen LogP contribution in [0.25, 0.3) is 10.9 Å². The quantitative estimate of drug-likeness (QED) is 0.895. The third-order valence-corrected chi connectivity index (χ3v) is 4.59. The molecule has 2 heterocycles. The first-order valence-corrected chi connectivity index (χ1v) is 7.77. The first kappa shape index (κ1) is 15.6. The SMILES string of the molecule is O=C(CCn1ccc2ccccc21)N1CCC(O)(C(=O)O)CC1. The number of fused-ring (bicyclic) bond motifs is 1. The van der Waals surface area contributed by atoms with Crippen LogP contribution < -0.4 is 0 Å². The number of aliphatic hydroxyl groups is 1. The Bertz CT molecular complexity index is 729. The number of carbonyl (C=O) groups is 2. The van der Waals surface area contributed by atoms with Crippen LogP contribution in [0.4, 0.5) is 0 Å². The van der Waals surface area contributed by atoms with Crippen LogP contribution in [0.2, 0.25) is 0 Å². The highest BCUT2D eigenvalue weighted by Gasteiger charge is 2.40. The molecule has 122 valence electrons. The number of carbonyl (C=O) groups excluding carboxylic acids is 1. The summed E-state index contributed by atoms with van der Waals surface area (Å²) < 4.78 is 2.05. The molecule has 0 saturated carbocycles. The van der Waals surface area contributed by atoms with Crippen molar-refractivity contribution in [3.63, 3.8) is 0 Å². The Labute approximate surface area is 133 Å².